The molecule has 0 radical (unpaired) electrons. The van der Waals surface area contributed by atoms with Crippen molar-refractivity contribution in [1.82, 2.24) is 9.88 Å². The van der Waals surface area contributed by atoms with Crippen LogP contribution < -0.4 is 9.47 Å². The molecule has 2 N–H and O–H groups in total. The van der Waals surface area contributed by atoms with Crippen LogP contribution in [0.3, 0.4) is 0 Å². The Morgan fingerprint density at radius 3 is 2.38 bits per heavy atom. The molecule has 6 nitrogen and oxygen atoms in total. The number of nitrogens with zero attached hydrogens (tertiary/aromatic N) is 2. The topological polar surface area (TPSA) is 70.1 Å². The highest BCUT2D eigenvalue weighted by Gasteiger charge is 2.18. The van der Waals surface area contributed by atoms with Gasteiger partial charge in [-0.1, -0.05) is 25.5 Å². The molecule has 1 aliphatic heterocycles. The summed E-state index contributed by atoms with van der Waals surface area (Å²) in [5.41, 5.74) is 4.53. The van der Waals surface area contributed by atoms with Crippen LogP contribution in [0.5, 0.6) is 17.4 Å². The number of H-pyrrole nitrogens is 1. The summed E-state index contributed by atoms with van der Waals surface area (Å²) in [4.78, 5) is 10.5. The summed E-state index contributed by atoms with van der Waals surface area (Å²) >= 11 is 0. The van der Waals surface area contributed by atoms with Gasteiger partial charge in [-0.15, -0.1) is 0 Å². The number of hydrogen-bond donors (Lipinski definition) is 2. The normalized spacial score (nSPS) is 15.3. The molecule has 2 heterocycles. The monoisotopic (exact) mass is 435 g/mol. The molecule has 0 aliphatic carbocycles. The van der Waals surface area contributed by atoms with Crippen LogP contribution in [-0.4, -0.2) is 54.6 Å². The van der Waals surface area contributed by atoms with Gasteiger partial charge in [0.25, 0.3) is 0 Å². The molecule has 3 aromatic rings. The van der Waals surface area contributed by atoms with Gasteiger partial charge < -0.3 is 24.5 Å². The standard InChI is InChI=1S/C26H33N3O3/c1-4-21(25-20-16-23(31-2)24(32-3)17-22(20)28-26(25)30)27-19-10-8-18(9-11-19)12-15-29-13-6-5-7-14-29/h8-11,16-17,28,30H,4-7,12-15H2,1-3H3. The number of methoxy groups -OCH3 is 2. The number of likely N-dealkylation sites (tertiary alicyclic amines) is 1. The summed E-state index contributed by atoms with van der Waals surface area (Å²) in [6.07, 6.45) is 5.77. The lowest BCUT2D eigenvalue weighted by Crippen LogP contribution is -2.31. The number of hydrogen-bond acceptors (Lipinski definition) is 5. The summed E-state index contributed by atoms with van der Waals surface area (Å²) in [5, 5.41) is 11.5. The van der Waals surface area contributed by atoms with Gasteiger partial charge in [-0.3, -0.25) is 4.99 Å². The quantitative estimate of drug-likeness (QED) is 0.462. The Morgan fingerprint density at radius 2 is 1.72 bits per heavy atom. The number of benzene rings is 2. The van der Waals surface area contributed by atoms with Crippen LogP contribution in [0.25, 0.3) is 10.9 Å². The maximum absolute atomic E-state index is 10.7. The molecule has 1 saturated heterocycles. The van der Waals surface area contributed by atoms with Gasteiger partial charge in [0.05, 0.1) is 36.7 Å². The van der Waals surface area contributed by atoms with E-state index < -0.39 is 0 Å². The van der Waals surface area contributed by atoms with E-state index in [4.69, 9.17) is 14.5 Å². The highest BCUT2D eigenvalue weighted by Crippen LogP contribution is 2.37. The first kappa shape index (κ1) is 22.2. The zero-order valence-corrected chi connectivity index (χ0v) is 19.3. The minimum atomic E-state index is 0.106. The fraction of sp³-hybridized carbons (Fsp3) is 0.423. The van der Waals surface area contributed by atoms with Crippen LogP contribution in [0.15, 0.2) is 41.4 Å². The molecule has 32 heavy (non-hydrogen) atoms. The molecule has 170 valence electrons. The van der Waals surface area contributed by atoms with Crippen LogP contribution >= 0.6 is 0 Å². The van der Waals surface area contributed by atoms with Gasteiger partial charge in [0.15, 0.2) is 17.4 Å². The van der Waals surface area contributed by atoms with Gasteiger partial charge in [-0.25, -0.2) is 0 Å². The Balaban J connectivity index is 1.57. The van der Waals surface area contributed by atoms with Crippen molar-refractivity contribution in [2.24, 2.45) is 4.99 Å². The third-order valence-electron chi connectivity index (χ3n) is 6.27. The number of fused-ring (bicyclic) bond motifs is 1. The molecule has 6 heteroatoms. The van der Waals surface area contributed by atoms with Crippen molar-refractivity contribution in [3.63, 3.8) is 0 Å². The maximum atomic E-state index is 10.7. The second-order valence-electron chi connectivity index (χ2n) is 8.33. The van der Waals surface area contributed by atoms with Crippen LogP contribution in [0.4, 0.5) is 5.69 Å². The fourth-order valence-electron chi connectivity index (χ4n) is 4.47. The molecule has 0 atom stereocenters. The first-order valence-corrected chi connectivity index (χ1v) is 11.5. The molecule has 2 aromatic carbocycles. The second-order valence-corrected chi connectivity index (χ2v) is 8.33. The van der Waals surface area contributed by atoms with E-state index in [1.54, 1.807) is 14.2 Å². The number of piperidine rings is 1. The molecule has 4 rings (SSSR count). The van der Waals surface area contributed by atoms with E-state index in [0.717, 1.165) is 35.3 Å². The van der Waals surface area contributed by atoms with Gasteiger partial charge in [0.1, 0.15) is 0 Å². The van der Waals surface area contributed by atoms with Crippen molar-refractivity contribution in [1.29, 1.82) is 0 Å². The molecule has 0 spiro atoms. The molecule has 0 unspecified atom stereocenters. The smallest absolute Gasteiger partial charge is 0.198 e. The first-order chi connectivity index (χ1) is 15.6. The number of aromatic amines is 1. The van der Waals surface area contributed by atoms with Gasteiger partial charge in [0, 0.05) is 18.0 Å². The number of aliphatic imine (C=N–C) groups is 1. The van der Waals surface area contributed by atoms with Crippen molar-refractivity contribution < 1.29 is 14.6 Å². The largest absolute Gasteiger partial charge is 0.494 e. The molecule has 0 saturated carbocycles. The van der Waals surface area contributed by atoms with Crippen molar-refractivity contribution in [2.75, 3.05) is 33.9 Å². The van der Waals surface area contributed by atoms with E-state index in [0.29, 0.717) is 23.5 Å². The number of nitrogens with one attached hydrogen (secondary N) is 1. The Kier molecular flexibility index (Phi) is 7.00. The highest BCUT2D eigenvalue weighted by molar-refractivity contribution is 6.14. The van der Waals surface area contributed by atoms with Gasteiger partial charge in [-0.2, -0.15) is 0 Å². The van der Waals surface area contributed by atoms with E-state index >= 15 is 0 Å². The summed E-state index contributed by atoms with van der Waals surface area (Å²) in [6.45, 7) is 5.63. The number of aromatic hydroxyl groups is 1. The summed E-state index contributed by atoms with van der Waals surface area (Å²) in [6, 6.07) is 12.2. The molecule has 1 fully saturated rings. The van der Waals surface area contributed by atoms with Crippen LogP contribution in [0.2, 0.25) is 0 Å². The average molecular weight is 436 g/mol. The van der Waals surface area contributed by atoms with Crippen molar-refractivity contribution in [2.45, 2.75) is 39.0 Å². The van der Waals surface area contributed by atoms with E-state index in [9.17, 15) is 5.11 Å². The third-order valence-corrected chi connectivity index (χ3v) is 6.27. The predicted octanol–water partition coefficient (Wildman–Crippen LogP) is 5.45. The molecule has 1 aliphatic rings. The predicted molar refractivity (Wildman–Crippen MR) is 130 cm³/mol. The molecular formula is C26H33N3O3. The lowest BCUT2D eigenvalue weighted by Gasteiger charge is -2.26. The van der Waals surface area contributed by atoms with Crippen molar-refractivity contribution >= 4 is 22.3 Å². The SMILES string of the molecule is CCC(=Nc1ccc(CCN2CCCCC2)cc1)c1c(O)[nH]c2cc(OC)c(OC)cc12. The Hall–Kier alpha value is -2.99. The molecule has 0 amide bonds. The van der Waals surface area contributed by atoms with Crippen molar-refractivity contribution in [3.05, 3.63) is 47.5 Å². The minimum absolute atomic E-state index is 0.106. The van der Waals surface area contributed by atoms with E-state index in [2.05, 4.69) is 34.1 Å². The first-order valence-electron chi connectivity index (χ1n) is 11.5. The van der Waals surface area contributed by atoms with Crippen LogP contribution in [-0.2, 0) is 6.42 Å². The zero-order chi connectivity index (χ0) is 22.5. The molecule has 0 bridgehead atoms. The van der Waals surface area contributed by atoms with Gasteiger partial charge >= 0.3 is 0 Å². The zero-order valence-electron chi connectivity index (χ0n) is 19.3. The molecular weight excluding hydrogens is 402 g/mol. The van der Waals surface area contributed by atoms with E-state index in [-0.39, 0.29) is 5.88 Å². The summed E-state index contributed by atoms with van der Waals surface area (Å²) in [5.74, 6) is 1.34. The lowest BCUT2D eigenvalue weighted by atomic mass is 10.0. The maximum Gasteiger partial charge on any atom is 0.198 e. The summed E-state index contributed by atoms with van der Waals surface area (Å²) < 4.78 is 10.8. The summed E-state index contributed by atoms with van der Waals surface area (Å²) in [7, 11) is 3.21. The Bertz CT molecular complexity index is 1080. The Morgan fingerprint density at radius 1 is 1.03 bits per heavy atom. The van der Waals surface area contributed by atoms with E-state index in [1.807, 2.05) is 19.1 Å². The third kappa shape index (κ3) is 4.75. The second kappa shape index (κ2) is 10.1. The minimum Gasteiger partial charge on any atom is -0.494 e. The number of ether oxygens (including phenoxy) is 2. The van der Waals surface area contributed by atoms with Crippen LogP contribution in [0, 0.1) is 0 Å². The average Bonchev–Trinajstić information content (AvgIpc) is 3.16. The van der Waals surface area contributed by atoms with Crippen molar-refractivity contribution in [3.8, 4) is 17.4 Å². The lowest BCUT2D eigenvalue weighted by molar-refractivity contribution is 0.231. The Labute approximate surface area is 189 Å². The van der Waals surface area contributed by atoms with E-state index in [1.165, 1.54) is 37.9 Å². The number of aromatic nitrogens is 1. The van der Waals surface area contributed by atoms with Crippen LogP contribution in [0.1, 0.15) is 43.7 Å². The van der Waals surface area contributed by atoms with Gasteiger partial charge in [-0.05, 0) is 62.5 Å². The molecule has 1 aromatic heterocycles. The highest BCUT2D eigenvalue weighted by atomic mass is 16.5. The van der Waals surface area contributed by atoms with Gasteiger partial charge in [0.2, 0.25) is 0 Å². The number of rotatable bonds is 8. The fourth-order valence-corrected chi connectivity index (χ4v) is 4.47.